The Bertz CT molecular complexity index is 2040. The van der Waals surface area contributed by atoms with Crippen LogP contribution >= 0.6 is 0 Å². The smallest absolute Gasteiger partial charge is 0.329 e. The number of cyclic esters (lactones) is 1. The summed E-state index contributed by atoms with van der Waals surface area (Å²) in [7, 11) is 3.02. The van der Waals surface area contributed by atoms with Crippen LogP contribution in [0.2, 0.25) is 0 Å². The Morgan fingerprint density at radius 2 is 1.64 bits per heavy atom. The van der Waals surface area contributed by atoms with E-state index in [1.54, 1.807) is 27.0 Å². The van der Waals surface area contributed by atoms with Crippen molar-refractivity contribution in [3.63, 3.8) is 0 Å². The van der Waals surface area contributed by atoms with Crippen molar-refractivity contribution >= 4 is 29.1 Å². The number of carbonyl (C=O) groups is 4. The summed E-state index contributed by atoms with van der Waals surface area (Å²) >= 11 is 0. The van der Waals surface area contributed by atoms with Crippen LogP contribution in [0.25, 0.3) is 0 Å². The van der Waals surface area contributed by atoms with Gasteiger partial charge in [-0.25, -0.2) is 4.79 Å². The number of benzene rings is 1. The van der Waals surface area contributed by atoms with Crippen molar-refractivity contribution in [1.82, 2.24) is 4.90 Å². The molecule has 0 spiro atoms. The second kappa shape index (κ2) is 26.6. The first kappa shape index (κ1) is 56.9. The molecule has 1 amide bonds. The van der Waals surface area contributed by atoms with Gasteiger partial charge >= 0.3 is 5.97 Å². The van der Waals surface area contributed by atoms with Gasteiger partial charge in [0.05, 0.1) is 18.3 Å². The summed E-state index contributed by atoms with van der Waals surface area (Å²) in [5.74, 6) is -6.34. The Hall–Kier alpha value is -4.02. The van der Waals surface area contributed by atoms with Crippen molar-refractivity contribution in [2.75, 3.05) is 26.1 Å². The molecule has 14 heteroatoms. The molecule has 2 bridgehead atoms. The minimum absolute atomic E-state index is 0.0376. The number of ketones is 2. The molecule has 6 N–H and O–H groups in total. The molecule has 3 fully saturated rings. The summed E-state index contributed by atoms with van der Waals surface area (Å²) in [6.07, 6.45) is 14.0. The number of ether oxygens (including phenoxy) is 4. The summed E-state index contributed by atoms with van der Waals surface area (Å²) in [6.45, 7) is 13.5. The van der Waals surface area contributed by atoms with Crippen molar-refractivity contribution in [3.8, 4) is 0 Å². The van der Waals surface area contributed by atoms with Crippen LogP contribution in [-0.4, -0.2) is 125 Å². The van der Waals surface area contributed by atoms with Crippen molar-refractivity contribution in [2.24, 2.45) is 35.3 Å². The van der Waals surface area contributed by atoms with E-state index in [1.165, 1.54) is 12.0 Å². The van der Waals surface area contributed by atoms with Crippen LogP contribution in [0.5, 0.6) is 0 Å². The normalized spacial score (nSPS) is 38.2. The van der Waals surface area contributed by atoms with Gasteiger partial charge in [0, 0.05) is 50.4 Å². The Morgan fingerprint density at radius 3 is 2.36 bits per heavy atom. The van der Waals surface area contributed by atoms with Crippen LogP contribution in [0.3, 0.4) is 0 Å². The van der Waals surface area contributed by atoms with E-state index < -0.39 is 77.9 Å². The van der Waals surface area contributed by atoms with E-state index in [0.717, 1.165) is 23.2 Å². The lowest BCUT2D eigenvalue weighted by Crippen LogP contribution is -2.61. The van der Waals surface area contributed by atoms with Crippen molar-refractivity contribution in [2.45, 2.75) is 192 Å². The lowest BCUT2D eigenvalue weighted by molar-refractivity contribution is -0.263. The average Bonchev–Trinajstić information content (AvgIpc) is 3.33. The highest BCUT2D eigenvalue weighted by molar-refractivity contribution is 6.39. The maximum Gasteiger partial charge on any atom is 0.329 e. The molecule has 3 heterocycles. The number of Topliss-reactive ketones (excluding diaryl/α,β-unsaturated/α-hetero) is 2. The SMILES string of the molecule is COC1CC(C[C@@H](C)[C@@H]2CC[C@H](N)/C=C(\C)C(O)[C@@H](OC)C(=O)C(C)C[C@H](C)/C=C/C=C/C=C(\C)C(Nc3cccc(C)c3)CC3CCC(C)C(O)(O3)C(=O)C(=O)N3CCCCC3C(=O)O2)CC[C@H]1O. The zero-order valence-corrected chi connectivity index (χ0v) is 43.4. The lowest BCUT2D eigenvalue weighted by Gasteiger charge is -2.43. The topological polar surface area (TPSA) is 207 Å². The molecule has 15 atom stereocenters. The monoisotopic (exact) mass is 976 g/mol. The van der Waals surface area contributed by atoms with E-state index in [0.29, 0.717) is 76.2 Å². The lowest BCUT2D eigenvalue weighted by atomic mass is 9.78. The van der Waals surface area contributed by atoms with Crippen LogP contribution in [0.1, 0.15) is 131 Å². The average molecular weight is 976 g/mol. The van der Waals surface area contributed by atoms with Gasteiger partial charge in [-0.05, 0) is 145 Å². The van der Waals surface area contributed by atoms with E-state index >= 15 is 0 Å². The van der Waals surface area contributed by atoms with Gasteiger partial charge in [0.1, 0.15) is 24.4 Å². The quantitative estimate of drug-likeness (QED) is 0.102. The van der Waals surface area contributed by atoms with Crippen LogP contribution < -0.4 is 11.1 Å². The minimum Gasteiger partial charge on any atom is -0.461 e. The summed E-state index contributed by atoms with van der Waals surface area (Å²) < 4.78 is 24.0. The predicted molar refractivity (Wildman–Crippen MR) is 271 cm³/mol. The molecule has 1 aromatic carbocycles. The number of aryl methyl sites for hydroxylation is 1. The molecule has 1 aliphatic carbocycles. The summed E-state index contributed by atoms with van der Waals surface area (Å²) in [4.78, 5) is 58.4. The second-order valence-corrected chi connectivity index (χ2v) is 21.2. The third kappa shape index (κ3) is 15.3. The van der Waals surface area contributed by atoms with Gasteiger partial charge < -0.3 is 50.2 Å². The van der Waals surface area contributed by atoms with Gasteiger partial charge in [0.2, 0.25) is 5.79 Å². The van der Waals surface area contributed by atoms with Gasteiger partial charge in [-0.1, -0.05) is 81.9 Å². The number of esters is 1. The number of aliphatic hydroxyl groups is 3. The number of methoxy groups -OCH3 is 2. The molecule has 2 saturated heterocycles. The number of anilines is 1. The molecule has 1 saturated carbocycles. The molecule has 5 rings (SSSR count). The number of allylic oxidation sites excluding steroid dienone is 5. The van der Waals surface area contributed by atoms with E-state index in [2.05, 4.69) is 5.32 Å². The number of fused-ring (bicyclic) bond motifs is 3. The summed E-state index contributed by atoms with van der Waals surface area (Å²) in [6, 6.07) is 6.12. The fourth-order valence-corrected chi connectivity index (χ4v) is 11.0. The first-order valence-corrected chi connectivity index (χ1v) is 26.0. The molecule has 70 heavy (non-hydrogen) atoms. The largest absolute Gasteiger partial charge is 0.461 e. The maximum atomic E-state index is 14.5. The van der Waals surface area contributed by atoms with Crippen molar-refractivity contribution in [1.29, 1.82) is 0 Å². The van der Waals surface area contributed by atoms with E-state index in [-0.39, 0.29) is 48.6 Å². The fraction of sp³-hybridized carbons (Fsp3) is 0.679. The van der Waals surface area contributed by atoms with Crippen LogP contribution in [0, 0.1) is 36.5 Å². The number of hydrogen-bond acceptors (Lipinski definition) is 13. The van der Waals surface area contributed by atoms with Gasteiger partial charge in [-0.2, -0.15) is 0 Å². The molecule has 14 nitrogen and oxygen atoms in total. The first-order chi connectivity index (χ1) is 33.3. The number of amides is 1. The number of aliphatic hydroxyl groups excluding tert-OH is 2. The fourth-order valence-electron chi connectivity index (χ4n) is 11.0. The Kier molecular flexibility index (Phi) is 21.6. The number of hydrogen-bond donors (Lipinski definition) is 5. The molecule has 3 aliphatic heterocycles. The first-order valence-electron chi connectivity index (χ1n) is 26.0. The number of nitrogens with one attached hydrogen (secondary N) is 1. The third-order valence-electron chi connectivity index (χ3n) is 15.5. The number of carbonyl (C=O) groups excluding carboxylic acids is 4. The molecule has 0 aromatic heterocycles. The highest BCUT2D eigenvalue weighted by Crippen LogP contribution is 2.38. The molecule has 1 aromatic rings. The predicted octanol–water partition coefficient (Wildman–Crippen LogP) is 7.47. The second-order valence-electron chi connectivity index (χ2n) is 21.2. The van der Waals surface area contributed by atoms with Gasteiger partial charge in [0.25, 0.3) is 11.7 Å². The van der Waals surface area contributed by atoms with Crippen molar-refractivity contribution in [3.05, 3.63) is 77.4 Å². The molecule has 390 valence electrons. The van der Waals surface area contributed by atoms with Gasteiger partial charge in [-0.15, -0.1) is 0 Å². The highest BCUT2D eigenvalue weighted by Gasteiger charge is 2.53. The zero-order chi connectivity index (χ0) is 51.3. The Labute approximate surface area is 417 Å². The zero-order valence-electron chi connectivity index (χ0n) is 43.4. The molecule has 0 radical (unpaired) electrons. The van der Waals surface area contributed by atoms with Crippen LogP contribution in [0.15, 0.2) is 71.9 Å². The third-order valence-corrected chi connectivity index (χ3v) is 15.5. The van der Waals surface area contributed by atoms with Gasteiger partial charge in [0.15, 0.2) is 5.78 Å². The van der Waals surface area contributed by atoms with E-state index in [4.69, 9.17) is 24.7 Å². The minimum atomic E-state index is -2.41. The number of nitrogens with zero attached hydrogens (tertiary/aromatic N) is 1. The molecular weight excluding hydrogens is 891 g/mol. The van der Waals surface area contributed by atoms with E-state index in [1.807, 2.05) is 89.3 Å². The maximum absolute atomic E-state index is 14.5. The Morgan fingerprint density at radius 1 is 0.886 bits per heavy atom. The highest BCUT2D eigenvalue weighted by atomic mass is 16.6. The summed E-state index contributed by atoms with van der Waals surface area (Å²) in [5, 5.41) is 37.8. The van der Waals surface area contributed by atoms with Gasteiger partial charge in [-0.3, -0.25) is 14.4 Å². The van der Waals surface area contributed by atoms with Crippen molar-refractivity contribution < 1.29 is 53.4 Å². The van der Waals surface area contributed by atoms with Crippen LogP contribution in [-0.2, 0) is 38.1 Å². The Balaban J connectivity index is 1.48. The standard InChI is InChI=1S/C56H85N3O11/c1-34-16-11-10-12-18-36(3)45(58-43-19-15-17-35(2)29-43)33-44-24-21-40(7)56(66,70-44)53(63)54(64)59-27-14-13-20-46(59)55(65)69-48(37(4)30-41-22-25-47(60)49(32-41)67-8)26-23-42(57)31-39(6)51(62)52(68-9)50(61)38(5)28-34/h10-12,15-19,29,31,34,37-38,40-42,44-49,51-52,58,60,62,66H,13-14,20-28,30,32-33,57H2,1-9H3/b12-10+,16-11+,36-18+,39-31+/t34-,37-,38?,40?,41?,42+,44?,45?,46?,47-,48+,49?,51?,52+,56?/m1/s1. The summed E-state index contributed by atoms with van der Waals surface area (Å²) in [5.41, 5.74) is 10.1. The number of rotatable bonds is 7. The van der Waals surface area contributed by atoms with E-state index in [9.17, 15) is 34.5 Å². The molecule has 9 unspecified atom stereocenters. The molecular formula is C56H85N3O11. The number of piperidine rings is 1. The number of nitrogens with two attached hydrogens (primary N) is 1. The molecule has 4 aliphatic rings. The van der Waals surface area contributed by atoms with Crippen LogP contribution in [0.4, 0.5) is 5.69 Å².